The summed E-state index contributed by atoms with van der Waals surface area (Å²) in [4.78, 5) is 24.1. The van der Waals surface area contributed by atoms with Crippen molar-refractivity contribution >= 4 is 23.1 Å². The maximum atomic E-state index is 12.2. The zero-order valence-corrected chi connectivity index (χ0v) is 10.8. The molecule has 100 valence electrons. The van der Waals surface area contributed by atoms with Crippen molar-refractivity contribution in [2.45, 2.75) is 12.5 Å². The van der Waals surface area contributed by atoms with Crippen LogP contribution in [0.3, 0.4) is 0 Å². The molecule has 0 saturated carbocycles. The molecule has 1 aliphatic rings. The van der Waals surface area contributed by atoms with Gasteiger partial charge in [-0.1, -0.05) is 42.5 Å². The van der Waals surface area contributed by atoms with Gasteiger partial charge >= 0.3 is 0 Å². The minimum atomic E-state index is -0.530. The third kappa shape index (κ3) is 2.40. The summed E-state index contributed by atoms with van der Waals surface area (Å²) in [6.07, 6.45) is 0.143. The number of hydrogen-bond acceptors (Lipinski definition) is 3. The molecule has 0 saturated heterocycles. The molecule has 0 aromatic heterocycles. The highest BCUT2D eigenvalue weighted by Crippen LogP contribution is 2.27. The molecule has 0 fully saturated rings. The van der Waals surface area contributed by atoms with Gasteiger partial charge in [0.2, 0.25) is 5.91 Å². The Labute approximate surface area is 116 Å². The monoisotopic (exact) mass is 266 g/mol. The van der Waals surface area contributed by atoms with Crippen LogP contribution in [0.4, 0.5) is 11.4 Å². The normalized spacial score (nSPS) is 16.8. The van der Waals surface area contributed by atoms with Crippen LogP contribution < -0.4 is 10.6 Å². The summed E-state index contributed by atoms with van der Waals surface area (Å²) in [5.41, 5.74) is 2.22. The summed E-state index contributed by atoms with van der Waals surface area (Å²) >= 11 is 0. The number of rotatable bonds is 3. The highest BCUT2D eigenvalue weighted by atomic mass is 16.2. The smallest absolute Gasteiger partial charge is 0.247 e. The Morgan fingerprint density at radius 1 is 0.950 bits per heavy atom. The third-order valence-electron chi connectivity index (χ3n) is 3.32. The Morgan fingerprint density at radius 3 is 2.35 bits per heavy atom. The predicted molar refractivity (Wildman–Crippen MR) is 77.9 cm³/mol. The number of anilines is 2. The minimum Gasteiger partial charge on any atom is -0.372 e. The first-order valence-corrected chi connectivity index (χ1v) is 6.49. The van der Waals surface area contributed by atoms with Gasteiger partial charge in [0, 0.05) is 12.0 Å². The van der Waals surface area contributed by atoms with E-state index in [1.165, 1.54) is 0 Å². The van der Waals surface area contributed by atoms with Gasteiger partial charge in [-0.05, 0) is 12.1 Å². The Morgan fingerprint density at radius 2 is 1.60 bits per heavy atom. The first-order valence-electron chi connectivity index (χ1n) is 6.49. The first-order chi connectivity index (χ1) is 9.74. The molecule has 2 aromatic carbocycles. The molecule has 1 amide bonds. The lowest BCUT2D eigenvalue weighted by atomic mass is 10.0. The average molecular weight is 266 g/mol. The molecule has 1 atom stereocenters. The zero-order valence-electron chi connectivity index (χ0n) is 10.8. The van der Waals surface area contributed by atoms with Gasteiger partial charge in [0.1, 0.15) is 6.04 Å². The molecule has 1 heterocycles. The molecule has 2 N–H and O–H groups in total. The van der Waals surface area contributed by atoms with E-state index in [1.807, 2.05) is 42.5 Å². The van der Waals surface area contributed by atoms with Crippen LogP contribution >= 0.6 is 0 Å². The Balaban J connectivity index is 1.76. The van der Waals surface area contributed by atoms with Crippen molar-refractivity contribution in [2.75, 3.05) is 10.6 Å². The van der Waals surface area contributed by atoms with E-state index in [1.54, 1.807) is 12.1 Å². The van der Waals surface area contributed by atoms with E-state index >= 15 is 0 Å². The SMILES string of the molecule is O=C(C[C@@H]1Nc2ccccc2NC1=O)c1ccccc1. The van der Waals surface area contributed by atoms with E-state index in [-0.39, 0.29) is 18.1 Å². The van der Waals surface area contributed by atoms with Crippen molar-refractivity contribution in [3.8, 4) is 0 Å². The van der Waals surface area contributed by atoms with Crippen LogP contribution in [0.5, 0.6) is 0 Å². The molecule has 0 unspecified atom stereocenters. The highest BCUT2D eigenvalue weighted by molar-refractivity contribution is 6.07. The van der Waals surface area contributed by atoms with E-state index in [4.69, 9.17) is 0 Å². The maximum Gasteiger partial charge on any atom is 0.247 e. The van der Waals surface area contributed by atoms with Gasteiger partial charge in [-0.25, -0.2) is 0 Å². The van der Waals surface area contributed by atoms with Crippen molar-refractivity contribution in [2.24, 2.45) is 0 Å². The molecule has 0 spiro atoms. The van der Waals surface area contributed by atoms with Gasteiger partial charge in [0.15, 0.2) is 5.78 Å². The summed E-state index contributed by atoms with van der Waals surface area (Å²) in [6.45, 7) is 0. The summed E-state index contributed by atoms with van der Waals surface area (Å²) in [5, 5.41) is 5.93. The summed E-state index contributed by atoms with van der Waals surface area (Å²) in [5.74, 6) is -0.217. The number of hydrogen-bond donors (Lipinski definition) is 2. The van der Waals surface area contributed by atoms with Crippen molar-refractivity contribution in [1.82, 2.24) is 0 Å². The molecule has 0 aliphatic carbocycles. The van der Waals surface area contributed by atoms with Crippen molar-refractivity contribution < 1.29 is 9.59 Å². The minimum absolute atomic E-state index is 0.0439. The van der Waals surface area contributed by atoms with Gasteiger partial charge < -0.3 is 10.6 Å². The van der Waals surface area contributed by atoms with Crippen LogP contribution in [-0.4, -0.2) is 17.7 Å². The van der Waals surface area contributed by atoms with Gasteiger partial charge in [0.25, 0.3) is 0 Å². The number of carbonyl (C=O) groups is 2. The van der Waals surface area contributed by atoms with E-state index in [2.05, 4.69) is 10.6 Å². The lowest BCUT2D eigenvalue weighted by Crippen LogP contribution is -2.40. The quantitative estimate of drug-likeness (QED) is 0.840. The first kappa shape index (κ1) is 12.4. The lowest BCUT2D eigenvalue weighted by molar-refractivity contribution is -0.117. The molecule has 4 heteroatoms. The number of Topliss-reactive ketones (excluding diaryl/α,β-unsaturated/α-hetero) is 1. The second-order valence-electron chi connectivity index (χ2n) is 4.73. The average Bonchev–Trinajstić information content (AvgIpc) is 2.49. The summed E-state index contributed by atoms with van der Waals surface area (Å²) in [6, 6.07) is 15.9. The maximum absolute atomic E-state index is 12.2. The molecule has 3 rings (SSSR count). The topological polar surface area (TPSA) is 58.2 Å². The fourth-order valence-corrected chi connectivity index (χ4v) is 2.26. The zero-order chi connectivity index (χ0) is 13.9. The number of amides is 1. The van der Waals surface area contributed by atoms with Crippen molar-refractivity contribution in [3.05, 3.63) is 60.2 Å². The van der Waals surface area contributed by atoms with Crippen LogP contribution in [-0.2, 0) is 4.79 Å². The highest BCUT2D eigenvalue weighted by Gasteiger charge is 2.27. The molecular weight excluding hydrogens is 252 g/mol. The second kappa shape index (κ2) is 5.17. The number of nitrogens with one attached hydrogen (secondary N) is 2. The number of para-hydroxylation sites is 2. The predicted octanol–water partition coefficient (Wildman–Crippen LogP) is 2.69. The third-order valence-corrected chi connectivity index (χ3v) is 3.32. The summed E-state index contributed by atoms with van der Waals surface area (Å²) in [7, 11) is 0. The van der Waals surface area contributed by atoms with E-state index in [0.29, 0.717) is 5.56 Å². The molecule has 2 aromatic rings. The number of ketones is 1. The number of carbonyl (C=O) groups excluding carboxylic acids is 2. The molecule has 0 bridgehead atoms. The molecule has 4 nitrogen and oxygen atoms in total. The van der Waals surface area contributed by atoms with E-state index < -0.39 is 6.04 Å². The number of benzene rings is 2. The molecule has 0 radical (unpaired) electrons. The van der Waals surface area contributed by atoms with Crippen molar-refractivity contribution in [1.29, 1.82) is 0 Å². The van der Waals surface area contributed by atoms with E-state index in [9.17, 15) is 9.59 Å². The van der Waals surface area contributed by atoms with Crippen LogP contribution in [0.1, 0.15) is 16.8 Å². The Bertz CT molecular complexity index is 653. The molecule has 20 heavy (non-hydrogen) atoms. The fourth-order valence-electron chi connectivity index (χ4n) is 2.26. The van der Waals surface area contributed by atoms with Crippen molar-refractivity contribution in [3.63, 3.8) is 0 Å². The molecular formula is C16H14N2O2. The summed E-state index contributed by atoms with van der Waals surface area (Å²) < 4.78 is 0. The Hall–Kier alpha value is -2.62. The van der Waals surface area contributed by atoms with Gasteiger partial charge in [-0.3, -0.25) is 9.59 Å². The van der Waals surface area contributed by atoms with Gasteiger partial charge in [0.05, 0.1) is 11.4 Å². The lowest BCUT2D eigenvalue weighted by Gasteiger charge is -2.26. The Kier molecular flexibility index (Phi) is 3.21. The van der Waals surface area contributed by atoms with Gasteiger partial charge in [-0.15, -0.1) is 0 Å². The largest absolute Gasteiger partial charge is 0.372 e. The fraction of sp³-hybridized carbons (Fsp3) is 0.125. The van der Waals surface area contributed by atoms with Crippen LogP contribution in [0.25, 0.3) is 0 Å². The van der Waals surface area contributed by atoms with Crippen LogP contribution in [0.2, 0.25) is 0 Å². The van der Waals surface area contributed by atoms with E-state index in [0.717, 1.165) is 11.4 Å². The second-order valence-corrected chi connectivity index (χ2v) is 4.73. The van der Waals surface area contributed by atoms with Gasteiger partial charge in [-0.2, -0.15) is 0 Å². The molecule has 1 aliphatic heterocycles. The van der Waals surface area contributed by atoms with Crippen LogP contribution in [0, 0.1) is 0 Å². The number of fused-ring (bicyclic) bond motifs is 1. The van der Waals surface area contributed by atoms with Crippen LogP contribution in [0.15, 0.2) is 54.6 Å². The standard InChI is InChI=1S/C16H14N2O2/c19-15(11-6-2-1-3-7-11)10-14-16(20)18-13-9-5-4-8-12(13)17-14/h1-9,14,17H,10H2,(H,18,20)/t14-/m0/s1.